The van der Waals surface area contributed by atoms with Crippen LogP contribution in [0.2, 0.25) is 0 Å². The van der Waals surface area contributed by atoms with Gasteiger partial charge in [0, 0.05) is 25.2 Å². The van der Waals surface area contributed by atoms with Gasteiger partial charge in [0.05, 0.1) is 9.79 Å². The summed E-state index contributed by atoms with van der Waals surface area (Å²) in [6.07, 6.45) is 20.6. The molecule has 0 unspecified atom stereocenters. The van der Waals surface area contributed by atoms with Gasteiger partial charge in [0.25, 0.3) is 0 Å². The molecule has 4 aliphatic carbocycles. The van der Waals surface area contributed by atoms with Gasteiger partial charge in [-0.2, -0.15) is 8.61 Å². The van der Waals surface area contributed by atoms with Crippen molar-refractivity contribution in [3.63, 3.8) is 0 Å². The molecule has 6 nitrogen and oxygen atoms in total. The third-order valence-corrected chi connectivity index (χ3v) is 16.3. The van der Waals surface area contributed by atoms with Gasteiger partial charge in [-0.05, 0) is 106 Å². The Hall–Kier alpha value is -2.26. The zero-order valence-corrected chi connectivity index (χ0v) is 29.7. The first kappa shape index (κ1) is 33.2. The molecule has 5 aliphatic rings. The lowest BCUT2D eigenvalue weighted by molar-refractivity contribution is 0.223. The lowest BCUT2D eigenvalue weighted by Gasteiger charge is -2.35. The van der Waals surface area contributed by atoms with Crippen LogP contribution in [0.4, 0.5) is 0 Å². The average Bonchev–Trinajstić information content (AvgIpc) is 3.61. The summed E-state index contributed by atoms with van der Waals surface area (Å²) in [7, 11) is -7.61. The van der Waals surface area contributed by atoms with Gasteiger partial charge in [-0.15, -0.1) is 0 Å². The minimum atomic E-state index is -3.80. The first-order chi connectivity index (χ1) is 22.6. The second-order valence-electron chi connectivity index (χ2n) is 15.2. The second kappa shape index (κ2) is 13.6. The van der Waals surface area contributed by atoms with E-state index in [-0.39, 0.29) is 23.9 Å². The fourth-order valence-corrected chi connectivity index (χ4v) is 13.5. The molecule has 0 amide bonds. The Labute approximate surface area is 283 Å². The predicted molar refractivity (Wildman–Crippen MR) is 188 cm³/mol. The van der Waals surface area contributed by atoms with E-state index in [1.165, 1.54) is 25.7 Å². The molecule has 4 saturated carbocycles. The number of rotatable bonds is 4. The summed E-state index contributed by atoms with van der Waals surface area (Å²) in [4.78, 5) is 0.656. The molecule has 4 fully saturated rings. The highest BCUT2D eigenvalue weighted by Gasteiger charge is 2.50. The summed E-state index contributed by atoms with van der Waals surface area (Å²) in [6, 6.07) is 14.2. The topological polar surface area (TPSA) is 74.8 Å². The third-order valence-electron chi connectivity index (χ3n) is 12.4. The molecule has 8 atom stereocenters. The van der Waals surface area contributed by atoms with Gasteiger partial charge >= 0.3 is 0 Å². The molecular formula is C39H52N2O4S2. The molecule has 47 heavy (non-hydrogen) atoms. The van der Waals surface area contributed by atoms with E-state index in [1.807, 2.05) is 38.1 Å². The monoisotopic (exact) mass is 676 g/mol. The summed E-state index contributed by atoms with van der Waals surface area (Å²) in [6.45, 7) is 4.56. The van der Waals surface area contributed by atoms with E-state index in [4.69, 9.17) is 0 Å². The van der Waals surface area contributed by atoms with Crippen molar-refractivity contribution < 1.29 is 16.8 Å². The summed E-state index contributed by atoms with van der Waals surface area (Å²) in [5.74, 6) is 2.33. The van der Waals surface area contributed by atoms with Crippen molar-refractivity contribution in [2.75, 3.05) is 13.1 Å². The van der Waals surface area contributed by atoms with Crippen LogP contribution in [0.25, 0.3) is 0 Å². The third kappa shape index (κ3) is 6.44. The predicted octanol–water partition coefficient (Wildman–Crippen LogP) is 7.89. The van der Waals surface area contributed by atoms with Crippen LogP contribution >= 0.6 is 0 Å². The van der Waals surface area contributed by atoms with Crippen LogP contribution in [0, 0.1) is 49.4 Å². The number of benzene rings is 2. The van der Waals surface area contributed by atoms with Crippen molar-refractivity contribution in [1.82, 2.24) is 8.61 Å². The minimum Gasteiger partial charge on any atom is -0.207 e. The first-order valence-corrected chi connectivity index (χ1v) is 21.0. The fourth-order valence-electron chi connectivity index (χ4n) is 10.1. The maximum Gasteiger partial charge on any atom is 0.243 e. The number of hydrogen-bond donors (Lipinski definition) is 0. The molecule has 1 aliphatic heterocycles. The van der Waals surface area contributed by atoms with Crippen LogP contribution < -0.4 is 0 Å². The molecule has 254 valence electrons. The van der Waals surface area contributed by atoms with E-state index in [1.54, 1.807) is 32.9 Å². The molecule has 1 heterocycles. The molecule has 0 saturated heterocycles. The fraction of sp³-hybridized carbons (Fsp3) is 0.590. The normalized spacial score (nSPS) is 35.3. The van der Waals surface area contributed by atoms with Gasteiger partial charge in [0.1, 0.15) is 0 Å². The summed E-state index contributed by atoms with van der Waals surface area (Å²) >= 11 is 0. The van der Waals surface area contributed by atoms with Gasteiger partial charge in [-0.25, -0.2) is 16.8 Å². The lowest BCUT2D eigenvalue weighted by atomic mass is 9.77. The van der Waals surface area contributed by atoms with Gasteiger partial charge in [-0.3, -0.25) is 0 Å². The molecule has 7 rings (SSSR count). The Morgan fingerprint density at radius 2 is 0.915 bits per heavy atom. The molecule has 2 aromatic carbocycles. The minimum absolute atomic E-state index is 0.135. The van der Waals surface area contributed by atoms with Crippen molar-refractivity contribution in [2.24, 2.45) is 35.5 Å². The standard InChI is InChI=1S/C39H52N2O4S2/c1-28-16-20-32(21-17-28)46(42,43)40-24-9-25-41(47(44,45)33-22-18-29(2)19-23-33)39-27-31-11-4-6-13-35(31)37(39)15-8-7-14-36-34-12-5-3-10-30(34)26-38(36)40/h7-8,14-23,30-31,34-39H,3-6,9-13,24-27H2,1-2H3/b14-7+,15-8+/t30-,31-,34+,35+,36-,37-,38+,39+/m1/s1. The SMILES string of the molecule is Cc1ccc(S(=O)(=O)N2CCCN(S(=O)(=O)c3ccc(C)cc3)[C@H]3C[C@H]4CCCC[C@@H]4[C@H]3/C=C/C=C/[C@@H]3[C@H]4CCCC[C@@H]4C[C@@H]32)cc1. The number of sulfonamides is 2. The van der Waals surface area contributed by atoms with Crippen molar-refractivity contribution in [1.29, 1.82) is 0 Å². The smallest absolute Gasteiger partial charge is 0.207 e. The second-order valence-corrected chi connectivity index (χ2v) is 18.9. The Morgan fingerprint density at radius 3 is 1.32 bits per heavy atom. The van der Waals surface area contributed by atoms with Crippen molar-refractivity contribution in [2.45, 2.75) is 106 Å². The molecule has 8 heteroatoms. The first-order valence-electron chi connectivity index (χ1n) is 18.2. The maximum absolute atomic E-state index is 14.6. The van der Waals surface area contributed by atoms with Gasteiger partial charge in [0.2, 0.25) is 20.0 Å². The molecule has 2 aromatic rings. The zero-order chi connectivity index (χ0) is 32.8. The zero-order valence-electron chi connectivity index (χ0n) is 28.1. The molecular weight excluding hydrogens is 625 g/mol. The number of hydrogen-bond acceptors (Lipinski definition) is 4. The van der Waals surface area contributed by atoms with Crippen molar-refractivity contribution in [3.8, 4) is 0 Å². The Bertz CT molecular complexity index is 1560. The van der Waals surface area contributed by atoms with E-state index in [2.05, 4.69) is 24.3 Å². The highest BCUT2D eigenvalue weighted by atomic mass is 32.2. The summed E-state index contributed by atoms with van der Waals surface area (Å²) < 4.78 is 61.9. The lowest BCUT2D eigenvalue weighted by Crippen LogP contribution is -2.46. The van der Waals surface area contributed by atoms with E-state index in [0.29, 0.717) is 53.0 Å². The summed E-state index contributed by atoms with van der Waals surface area (Å²) in [5, 5.41) is 0. The van der Waals surface area contributed by atoms with E-state index >= 15 is 0 Å². The van der Waals surface area contributed by atoms with Crippen LogP contribution in [-0.4, -0.2) is 50.6 Å². The number of allylic oxidation sites excluding steroid dienone is 2. The Kier molecular flexibility index (Phi) is 9.60. The van der Waals surface area contributed by atoms with E-state index in [9.17, 15) is 16.8 Å². The highest BCUT2D eigenvalue weighted by molar-refractivity contribution is 7.89. The average molecular weight is 677 g/mol. The largest absolute Gasteiger partial charge is 0.243 e. The quantitative estimate of drug-likeness (QED) is 0.330. The van der Waals surface area contributed by atoms with Crippen LogP contribution in [0.1, 0.15) is 81.8 Å². The Balaban J connectivity index is 1.30. The number of aryl methyl sites for hydroxylation is 2. The van der Waals surface area contributed by atoms with E-state index in [0.717, 1.165) is 49.7 Å². The molecule has 0 radical (unpaired) electrons. The van der Waals surface area contributed by atoms with Gasteiger partial charge in [-0.1, -0.05) is 98.2 Å². The van der Waals surface area contributed by atoms with Crippen molar-refractivity contribution in [3.05, 3.63) is 84.0 Å². The van der Waals surface area contributed by atoms with Crippen LogP contribution in [0.5, 0.6) is 0 Å². The molecule has 0 aromatic heterocycles. The van der Waals surface area contributed by atoms with E-state index < -0.39 is 20.0 Å². The Morgan fingerprint density at radius 1 is 0.532 bits per heavy atom. The van der Waals surface area contributed by atoms with Gasteiger partial charge < -0.3 is 0 Å². The van der Waals surface area contributed by atoms with Gasteiger partial charge in [0.15, 0.2) is 0 Å². The van der Waals surface area contributed by atoms with Crippen LogP contribution in [0.15, 0.2) is 82.6 Å². The summed E-state index contributed by atoms with van der Waals surface area (Å²) in [5.41, 5.74) is 2.05. The molecule has 0 N–H and O–H groups in total. The highest BCUT2D eigenvalue weighted by Crippen LogP contribution is 2.51. The van der Waals surface area contributed by atoms with Crippen LogP contribution in [-0.2, 0) is 20.0 Å². The van der Waals surface area contributed by atoms with Crippen molar-refractivity contribution >= 4 is 20.0 Å². The maximum atomic E-state index is 14.6. The number of fused-ring (bicyclic) bond motifs is 6. The van der Waals surface area contributed by atoms with Crippen LogP contribution in [0.3, 0.4) is 0 Å². The molecule has 0 spiro atoms. The number of nitrogens with zero attached hydrogens (tertiary/aromatic N) is 2. The molecule has 0 bridgehead atoms.